The number of benzene rings is 2. The summed E-state index contributed by atoms with van der Waals surface area (Å²) in [4.78, 5) is 0. The average molecular weight is 386 g/mol. The molecule has 3 aliphatic rings. The van der Waals surface area contributed by atoms with Gasteiger partial charge >= 0.3 is 0 Å². The first kappa shape index (κ1) is 17.7. The number of hydrogen-bond donors (Lipinski definition) is 0. The van der Waals surface area contributed by atoms with Crippen molar-refractivity contribution in [1.82, 2.24) is 0 Å². The Morgan fingerprint density at radius 3 is 2.17 bits per heavy atom. The van der Waals surface area contributed by atoms with E-state index in [-0.39, 0.29) is 5.41 Å². The van der Waals surface area contributed by atoms with Gasteiger partial charge < -0.3 is 0 Å². The number of aryl methyl sites for hydroxylation is 1. The van der Waals surface area contributed by atoms with Crippen molar-refractivity contribution >= 4 is 10.8 Å². The SMILES string of the molecule is [2H]c1c(C)[n+](C)c(-c2cc3c(cc2C)C2CCC3CC2)c2ccc(C(C)(C)C)cc12. The number of pyridine rings is 1. The van der Waals surface area contributed by atoms with Gasteiger partial charge in [-0.1, -0.05) is 39.0 Å². The van der Waals surface area contributed by atoms with Gasteiger partial charge in [0.1, 0.15) is 7.05 Å². The van der Waals surface area contributed by atoms with E-state index >= 15 is 0 Å². The first-order valence-electron chi connectivity index (χ1n) is 11.7. The summed E-state index contributed by atoms with van der Waals surface area (Å²) >= 11 is 0. The summed E-state index contributed by atoms with van der Waals surface area (Å²) in [5, 5.41) is 2.27. The maximum atomic E-state index is 8.84. The van der Waals surface area contributed by atoms with Gasteiger partial charge in [-0.15, -0.1) is 0 Å². The summed E-state index contributed by atoms with van der Waals surface area (Å²) in [6, 6.07) is 12.4. The number of hydrogen-bond acceptors (Lipinski definition) is 0. The molecule has 1 aromatic heterocycles. The van der Waals surface area contributed by atoms with Crippen LogP contribution in [0.25, 0.3) is 22.0 Å². The molecule has 0 spiro atoms. The summed E-state index contributed by atoms with van der Waals surface area (Å²) < 4.78 is 11.1. The highest BCUT2D eigenvalue weighted by Gasteiger charge is 2.34. The standard InChI is InChI=1S/C28H34N/c1-17-13-25-19-7-9-20(10-8-19)26(25)16-24(17)27-23-12-11-22(28(3,4)5)15-21(23)14-18(2)29(27)6/h11-16,19-20H,7-10H2,1-6H3/q+1/i14D. The lowest BCUT2D eigenvalue weighted by molar-refractivity contribution is -0.665. The smallest absolute Gasteiger partial charge is 0.198 e. The Morgan fingerprint density at radius 1 is 0.931 bits per heavy atom. The molecule has 3 aliphatic carbocycles. The van der Waals surface area contributed by atoms with E-state index in [2.05, 4.69) is 76.6 Å². The monoisotopic (exact) mass is 385 g/mol. The third-order valence-corrected chi connectivity index (χ3v) is 7.59. The van der Waals surface area contributed by atoms with Crippen molar-refractivity contribution in [3.8, 4) is 11.3 Å². The number of nitrogens with zero attached hydrogens (tertiary/aromatic N) is 1. The molecule has 29 heavy (non-hydrogen) atoms. The second-order valence-electron chi connectivity index (χ2n) is 10.5. The van der Waals surface area contributed by atoms with Crippen molar-refractivity contribution in [2.75, 3.05) is 0 Å². The van der Waals surface area contributed by atoms with Crippen LogP contribution in [0.3, 0.4) is 0 Å². The Labute approximate surface area is 177 Å². The highest BCUT2D eigenvalue weighted by Crippen LogP contribution is 2.50. The highest BCUT2D eigenvalue weighted by molar-refractivity contribution is 5.94. The quantitative estimate of drug-likeness (QED) is 0.397. The molecule has 0 saturated heterocycles. The lowest BCUT2D eigenvalue weighted by Gasteiger charge is -2.38. The molecule has 1 heterocycles. The van der Waals surface area contributed by atoms with Crippen LogP contribution in [0.1, 0.15) is 87.6 Å². The molecule has 6 rings (SSSR count). The second kappa shape index (κ2) is 6.42. The van der Waals surface area contributed by atoms with Gasteiger partial charge in [0.15, 0.2) is 5.69 Å². The molecule has 0 radical (unpaired) electrons. The summed E-state index contributed by atoms with van der Waals surface area (Å²) in [6.07, 6.45) is 5.45. The van der Waals surface area contributed by atoms with Gasteiger partial charge in [-0.3, -0.25) is 0 Å². The molecule has 0 aliphatic heterocycles. The zero-order valence-corrected chi connectivity index (χ0v) is 18.8. The third-order valence-electron chi connectivity index (χ3n) is 7.59. The first-order chi connectivity index (χ1) is 14.2. The minimum Gasteiger partial charge on any atom is -0.198 e. The molecule has 0 unspecified atom stereocenters. The molecule has 150 valence electrons. The van der Waals surface area contributed by atoms with Gasteiger partial charge in [0, 0.05) is 13.0 Å². The first-order valence-corrected chi connectivity index (χ1v) is 11.2. The zero-order chi connectivity index (χ0) is 21.4. The van der Waals surface area contributed by atoms with Crippen LogP contribution in [-0.2, 0) is 12.5 Å². The molecule has 3 aromatic rings. The summed E-state index contributed by atoms with van der Waals surface area (Å²) in [7, 11) is 2.13. The maximum Gasteiger partial charge on any atom is 0.220 e. The topological polar surface area (TPSA) is 3.88 Å². The number of aromatic nitrogens is 1. The fourth-order valence-electron chi connectivity index (χ4n) is 5.70. The lowest BCUT2D eigenvalue weighted by atomic mass is 9.66. The molecular weight excluding hydrogens is 350 g/mol. The Balaban J connectivity index is 1.81. The molecule has 0 amide bonds. The minimum atomic E-state index is 0.0771. The molecule has 1 heteroatoms. The maximum absolute atomic E-state index is 8.84. The van der Waals surface area contributed by atoms with Crippen LogP contribution in [0.5, 0.6) is 0 Å². The van der Waals surface area contributed by atoms with Crippen molar-refractivity contribution in [2.45, 2.75) is 77.6 Å². The van der Waals surface area contributed by atoms with E-state index in [1.54, 1.807) is 11.1 Å². The van der Waals surface area contributed by atoms with Crippen LogP contribution in [0.15, 0.2) is 36.4 Å². The van der Waals surface area contributed by atoms with Gasteiger partial charge in [-0.2, -0.15) is 4.57 Å². The van der Waals surface area contributed by atoms with E-state index < -0.39 is 0 Å². The fourth-order valence-corrected chi connectivity index (χ4v) is 5.70. The molecule has 2 bridgehead atoms. The largest absolute Gasteiger partial charge is 0.220 e. The van der Waals surface area contributed by atoms with E-state index in [1.165, 1.54) is 53.5 Å². The molecule has 1 nitrogen and oxygen atoms in total. The predicted octanol–water partition coefficient (Wildman–Crippen LogP) is 7.00. The molecular formula is C28H34N+. The summed E-state index contributed by atoms with van der Waals surface area (Å²) in [5.74, 6) is 1.51. The summed E-state index contributed by atoms with van der Waals surface area (Å²) in [5.41, 5.74) is 9.61. The van der Waals surface area contributed by atoms with Crippen LogP contribution in [0, 0.1) is 13.8 Å². The second-order valence-corrected chi connectivity index (χ2v) is 10.5. The van der Waals surface area contributed by atoms with Gasteiger partial charge in [0.25, 0.3) is 0 Å². The van der Waals surface area contributed by atoms with E-state index in [1.807, 2.05) is 0 Å². The van der Waals surface area contributed by atoms with Crippen molar-refractivity contribution in [1.29, 1.82) is 0 Å². The van der Waals surface area contributed by atoms with Gasteiger partial charge in [-0.25, -0.2) is 0 Å². The Bertz CT molecular complexity index is 1170. The van der Waals surface area contributed by atoms with Gasteiger partial charge in [-0.05, 0) is 89.6 Å². The van der Waals surface area contributed by atoms with Crippen LogP contribution < -0.4 is 4.57 Å². The van der Waals surface area contributed by atoms with Crippen molar-refractivity contribution in [3.05, 3.63) is 64.3 Å². The van der Waals surface area contributed by atoms with Crippen LogP contribution in [0.4, 0.5) is 0 Å². The van der Waals surface area contributed by atoms with E-state index in [0.29, 0.717) is 6.04 Å². The molecule has 1 saturated carbocycles. The summed E-state index contributed by atoms with van der Waals surface area (Å²) in [6.45, 7) is 11.1. The molecule has 2 aromatic carbocycles. The van der Waals surface area contributed by atoms with Crippen LogP contribution in [0.2, 0.25) is 0 Å². The van der Waals surface area contributed by atoms with Crippen molar-refractivity contribution in [3.63, 3.8) is 0 Å². The van der Waals surface area contributed by atoms with Gasteiger partial charge in [0.05, 0.1) is 12.3 Å². The molecule has 1 fully saturated rings. The Hall–Kier alpha value is -2.15. The Kier molecular flexibility index (Phi) is 3.92. The molecule has 0 N–H and O–H groups in total. The number of rotatable bonds is 1. The van der Waals surface area contributed by atoms with E-state index in [0.717, 1.165) is 22.9 Å². The normalized spacial score (nSPS) is 21.4. The van der Waals surface area contributed by atoms with Crippen LogP contribution in [-0.4, -0.2) is 0 Å². The van der Waals surface area contributed by atoms with Crippen molar-refractivity contribution in [2.24, 2.45) is 7.05 Å². The average Bonchev–Trinajstić information content (AvgIpc) is 2.72. The highest BCUT2D eigenvalue weighted by atomic mass is 14.9. The molecule has 0 atom stereocenters. The lowest BCUT2D eigenvalue weighted by Crippen LogP contribution is -2.35. The fraction of sp³-hybridized carbons (Fsp3) is 0.464. The van der Waals surface area contributed by atoms with Gasteiger partial charge in [0.2, 0.25) is 5.69 Å². The van der Waals surface area contributed by atoms with E-state index in [9.17, 15) is 0 Å². The zero-order valence-electron chi connectivity index (χ0n) is 19.8. The van der Waals surface area contributed by atoms with E-state index in [4.69, 9.17) is 1.37 Å². The number of fused-ring (bicyclic) bond motifs is 3. The predicted molar refractivity (Wildman–Crippen MR) is 123 cm³/mol. The third kappa shape index (κ3) is 2.93. The van der Waals surface area contributed by atoms with Crippen LogP contribution >= 0.6 is 0 Å². The van der Waals surface area contributed by atoms with Crippen molar-refractivity contribution < 1.29 is 5.94 Å². The minimum absolute atomic E-state index is 0.0771. The Morgan fingerprint density at radius 2 is 1.55 bits per heavy atom.